The molecule has 1 aliphatic heterocycles. The van der Waals surface area contributed by atoms with E-state index >= 15 is 0 Å². The van der Waals surface area contributed by atoms with Gasteiger partial charge in [0.15, 0.2) is 5.82 Å². The van der Waals surface area contributed by atoms with Crippen LogP contribution in [0.25, 0.3) is 16.8 Å². The number of nitriles is 1. The lowest BCUT2D eigenvalue weighted by atomic mass is 9.96. The van der Waals surface area contributed by atoms with Gasteiger partial charge in [0.25, 0.3) is 5.78 Å². The van der Waals surface area contributed by atoms with Crippen LogP contribution in [0.5, 0.6) is 0 Å². The Balaban J connectivity index is 1.57. The van der Waals surface area contributed by atoms with Gasteiger partial charge in [0.2, 0.25) is 0 Å². The van der Waals surface area contributed by atoms with Crippen molar-refractivity contribution < 1.29 is 0 Å². The number of hydrogen-bond donors (Lipinski definition) is 0. The van der Waals surface area contributed by atoms with Crippen LogP contribution in [-0.4, -0.2) is 54.6 Å². The minimum absolute atomic E-state index is 0.268. The van der Waals surface area contributed by atoms with Crippen LogP contribution in [0, 0.1) is 18.3 Å². The van der Waals surface area contributed by atoms with Crippen LogP contribution in [-0.2, 0) is 0 Å². The fourth-order valence-corrected chi connectivity index (χ4v) is 5.15. The summed E-state index contributed by atoms with van der Waals surface area (Å²) < 4.78 is 1.83. The molecule has 3 aromatic heterocycles. The van der Waals surface area contributed by atoms with E-state index in [0.29, 0.717) is 23.6 Å². The summed E-state index contributed by atoms with van der Waals surface area (Å²) in [5.74, 6) is 1.34. The molecule has 1 saturated heterocycles. The molecule has 3 atom stereocenters. The highest BCUT2D eigenvalue weighted by Crippen LogP contribution is 2.34. The number of benzene rings is 1. The molecule has 0 amide bonds. The van der Waals surface area contributed by atoms with E-state index in [4.69, 9.17) is 4.98 Å². The molecule has 5 rings (SSSR count). The fourth-order valence-electron chi connectivity index (χ4n) is 5.15. The molecule has 174 valence electrons. The van der Waals surface area contributed by atoms with Gasteiger partial charge in [-0.1, -0.05) is 43.7 Å². The first-order valence-electron chi connectivity index (χ1n) is 12.0. The van der Waals surface area contributed by atoms with E-state index < -0.39 is 0 Å². The lowest BCUT2D eigenvalue weighted by Gasteiger charge is -2.49. The first-order valence-corrected chi connectivity index (χ1v) is 12.0. The van der Waals surface area contributed by atoms with E-state index in [2.05, 4.69) is 83.0 Å². The van der Waals surface area contributed by atoms with Crippen LogP contribution in [0.4, 0.5) is 5.82 Å². The van der Waals surface area contributed by atoms with E-state index in [-0.39, 0.29) is 6.04 Å². The molecule has 0 saturated carbocycles. The number of piperazine rings is 1. The third kappa shape index (κ3) is 3.76. The normalized spacial score (nSPS) is 20.0. The lowest BCUT2D eigenvalue weighted by molar-refractivity contribution is 0.101. The zero-order valence-corrected chi connectivity index (χ0v) is 20.2. The van der Waals surface area contributed by atoms with Crippen molar-refractivity contribution in [1.29, 1.82) is 5.26 Å². The lowest BCUT2D eigenvalue weighted by Crippen LogP contribution is -2.59. The SMILES string of the molecule is CC[C@H]1CN([C@@H](C)c2ccc(C)cc2)[C@H](CC)CN1c1nc2nncn2c2ccc(C#N)nc12. The quantitative estimate of drug-likeness (QED) is 0.444. The monoisotopic (exact) mass is 454 g/mol. The Morgan fingerprint density at radius 1 is 1.03 bits per heavy atom. The summed E-state index contributed by atoms with van der Waals surface area (Å²) in [6.45, 7) is 10.7. The summed E-state index contributed by atoms with van der Waals surface area (Å²) in [6, 6.07) is 15.7. The maximum absolute atomic E-state index is 9.49. The molecule has 34 heavy (non-hydrogen) atoms. The van der Waals surface area contributed by atoms with Gasteiger partial charge >= 0.3 is 0 Å². The summed E-state index contributed by atoms with van der Waals surface area (Å²) in [4.78, 5) is 14.6. The minimum atomic E-state index is 0.268. The van der Waals surface area contributed by atoms with Gasteiger partial charge in [0, 0.05) is 31.2 Å². The number of pyridine rings is 1. The highest BCUT2D eigenvalue weighted by molar-refractivity contribution is 5.88. The number of aromatic nitrogens is 5. The van der Waals surface area contributed by atoms with Crippen molar-refractivity contribution in [3.8, 4) is 6.07 Å². The van der Waals surface area contributed by atoms with Gasteiger partial charge in [0.1, 0.15) is 23.6 Å². The molecule has 1 fully saturated rings. The Hall–Kier alpha value is -3.57. The molecular weight excluding hydrogens is 424 g/mol. The summed E-state index contributed by atoms with van der Waals surface area (Å²) in [5.41, 5.74) is 4.60. The smallest absolute Gasteiger partial charge is 0.257 e. The average Bonchev–Trinajstić information content (AvgIpc) is 3.36. The maximum Gasteiger partial charge on any atom is 0.257 e. The second-order valence-electron chi connectivity index (χ2n) is 9.17. The molecular formula is C26H30N8. The standard InChI is InChI=1S/C26H30N8/c1-5-21-15-33(22(6-2)14-32(21)18(4)19-9-7-17(3)8-10-19)25-24-23(12-11-20(13-27)29-24)34-16-28-31-26(34)30-25/h7-12,16,18,21-22H,5-6,14-15H2,1-4H3/t18-,21+,22-/m0/s1. The van der Waals surface area contributed by atoms with Gasteiger partial charge in [-0.3, -0.25) is 9.30 Å². The van der Waals surface area contributed by atoms with Crippen LogP contribution in [0.3, 0.4) is 0 Å². The van der Waals surface area contributed by atoms with Crippen molar-refractivity contribution in [3.05, 3.63) is 59.5 Å². The fraction of sp³-hybridized carbons (Fsp3) is 0.423. The van der Waals surface area contributed by atoms with Crippen LogP contribution in [0.15, 0.2) is 42.7 Å². The van der Waals surface area contributed by atoms with Crippen molar-refractivity contribution in [2.45, 2.75) is 58.7 Å². The molecule has 4 aromatic rings. The zero-order valence-electron chi connectivity index (χ0n) is 20.2. The molecule has 8 nitrogen and oxygen atoms in total. The Kier molecular flexibility index (Phi) is 5.88. The highest BCUT2D eigenvalue weighted by Gasteiger charge is 2.36. The van der Waals surface area contributed by atoms with Crippen molar-refractivity contribution in [2.75, 3.05) is 18.0 Å². The molecule has 1 aliphatic rings. The van der Waals surface area contributed by atoms with Gasteiger partial charge in [0.05, 0.1) is 5.52 Å². The predicted molar refractivity (Wildman–Crippen MR) is 133 cm³/mol. The highest BCUT2D eigenvalue weighted by atomic mass is 15.4. The van der Waals surface area contributed by atoms with Crippen LogP contribution in [0.1, 0.15) is 56.5 Å². The van der Waals surface area contributed by atoms with Crippen molar-refractivity contribution in [1.82, 2.24) is 29.5 Å². The molecule has 0 spiro atoms. The number of fused-ring (bicyclic) bond motifs is 3. The number of nitrogens with zero attached hydrogens (tertiary/aromatic N) is 8. The summed E-state index contributed by atoms with van der Waals surface area (Å²) in [7, 11) is 0. The Morgan fingerprint density at radius 3 is 2.50 bits per heavy atom. The first-order chi connectivity index (χ1) is 16.5. The van der Waals surface area contributed by atoms with Gasteiger partial charge in [-0.2, -0.15) is 10.2 Å². The van der Waals surface area contributed by atoms with Gasteiger partial charge in [-0.05, 0) is 44.4 Å². The number of anilines is 1. The molecule has 4 heterocycles. The molecule has 0 N–H and O–H groups in total. The first kappa shape index (κ1) is 22.2. The number of aryl methyl sites for hydroxylation is 1. The van der Waals surface area contributed by atoms with Crippen molar-refractivity contribution >= 4 is 22.6 Å². The van der Waals surface area contributed by atoms with E-state index in [1.165, 1.54) is 11.1 Å². The molecule has 1 aromatic carbocycles. The van der Waals surface area contributed by atoms with E-state index in [1.54, 1.807) is 12.4 Å². The minimum Gasteiger partial charge on any atom is -0.349 e. The van der Waals surface area contributed by atoms with E-state index in [1.807, 2.05) is 10.5 Å². The van der Waals surface area contributed by atoms with E-state index in [9.17, 15) is 5.26 Å². The second kappa shape index (κ2) is 8.99. The molecule has 8 heteroatoms. The molecule has 0 bridgehead atoms. The zero-order chi connectivity index (χ0) is 23.8. The maximum atomic E-state index is 9.49. The third-order valence-electron chi connectivity index (χ3n) is 7.21. The molecule has 0 unspecified atom stereocenters. The van der Waals surface area contributed by atoms with Crippen LogP contribution >= 0.6 is 0 Å². The molecule has 0 aliphatic carbocycles. The number of rotatable bonds is 5. The van der Waals surface area contributed by atoms with Gasteiger partial charge < -0.3 is 4.90 Å². The Labute approximate surface area is 199 Å². The van der Waals surface area contributed by atoms with E-state index in [0.717, 1.165) is 42.8 Å². The largest absolute Gasteiger partial charge is 0.349 e. The summed E-state index contributed by atoms with van der Waals surface area (Å²) in [6.07, 6.45) is 3.66. The van der Waals surface area contributed by atoms with Gasteiger partial charge in [-0.25, -0.2) is 4.98 Å². The van der Waals surface area contributed by atoms with Crippen LogP contribution < -0.4 is 4.90 Å². The van der Waals surface area contributed by atoms with Crippen molar-refractivity contribution in [2.24, 2.45) is 0 Å². The second-order valence-corrected chi connectivity index (χ2v) is 9.17. The topological polar surface area (TPSA) is 86.2 Å². The third-order valence-corrected chi connectivity index (χ3v) is 7.21. The Morgan fingerprint density at radius 2 is 1.79 bits per heavy atom. The Bertz CT molecular complexity index is 1350. The summed E-state index contributed by atoms with van der Waals surface area (Å²) >= 11 is 0. The van der Waals surface area contributed by atoms with Crippen LogP contribution in [0.2, 0.25) is 0 Å². The van der Waals surface area contributed by atoms with Gasteiger partial charge in [-0.15, -0.1) is 10.2 Å². The predicted octanol–water partition coefficient (Wildman–Crippen LogP) is 4.29. The number of hydrogen-bond acceptors (Lipinski definition) is 7. The molecule has 0 radical (unpaired) electrons. The van der Waals surface area contributed by atoms with Crippen molar-refractivity contribution in [3.63, 3.8) is 0 Å². The average molecular weight is 455 g/mol. The summed E-state index contributed by atoms with van der Waals surface area (Å²) in [5, 5.41) is 17.8.